The number of likely N-dealkylation sites (tertiary alicyclic amines) is 1. The van der Waals surface area contributed by atoms with Gasteiger partial charge in [-0.05, 0) is 44.0 Å². The Balaban J connectivity index is 1.44. The first-order valence-corrected chi connectivity index (χ1v) is 10.6. The molecular weight excluding hydrogens is 368 g/mol. The maximum Gasteiger partial charge on any atom is 0.243 e. The highest BCUT2D eigenvalue weighted by atomic mass is 32.2. The number of amides is 2. The summed E-state index contributed by atoms with van der Waals surface area (Å²) in [4.78, 5) is 26.7. The number of sulfonamides is 1. The summed E-state index contributed by atoms with van der Waals surface area (Å²) < 4.78 is 32.1. The minimum absolute atomic E-state index is 0.153. The van der Waals surface area contributed by atoms with Gasteiger partial charge in [-0.25, -0.2) is 8.42 Å². The Labute approximate surface area is 158 Å². The van der Waals surface area contributed by atoms with Crippen LogP contribution in [-0.4, -0.2) is 55.2 Å². The van der Waals surface area contributed by atoms with Crippen LogP contribution in [-0.2, 0) is 19.6 Å². The first kappa shape index (κ1) is 18.2. The molecule has 1 aliphatic carbocycles. The minimum atomic E-state index is -3.64. The lowest BCUT2D eigenvalue weighted by atomic mass is 9.85. The second kappa shape index (κ2) is 6.76. The molecule has 4 rings (SSSR count). The van der Waals surface area contributed by atoms with Gasteiger partial charge in [0.05, 0.1) is 29.4 Å². The van der Waals surface area contributed by atoms with Crippen molar-refractivity contribution in [2.45, 2.75) is 30.7 Å². The van der Waals surface area contributed by atoms with Crippen molar-refractivity contribution < 1.29 is 22.7 Å². The SMILES string of the molecule is CCOc1ccc(S(=O)(=O)N2CC(N3C(=O)C4CC=CCC4C3=O)C2)cc1. The number of carbonyl (C=O) groups excluding carboxylic acids is 2. The fraction of sp³-hybridized carbons (Fsp3) is 0.474. The maximum atomic E-state index is 12.7. The van der Waals surface area contributed by atoms with Crippen molar-refractivity contribution >= 4 is 21.8 Å². The van der Waals surface area contributed by atoms with Crippen molar-refractivity contribution in [3.05, 3.63) is 36.4 Å². The zero-order valence-electron chi connectivity index (χ0n) is 15.1. The Morgan fingerprint density at radius 3 is 2.07 bits per heavy atom. The standard InChI is InChI=1S/C19H22N2O5S/c1-2-26-14-7-9-15(10-8-14)27(24,25)20-11-13(12-20)21-18(22)16-5-3-4-6-17(16)19(21)23/h3-4,7-10,13,16-17H,2,5-6,11-12H2,1H3. The van der Waals surface area contributed by atoms with Crippen molar-refractivity contribution in [3.63, 3.8) is 0 Å². The van der Waals surface area contributed by atoms with Gasteiger partial charge in [-0.15, -0.1) is 0 Å². The highest BCUT2D eigenvalue weighted by molar-refractivity contribution is 7.89. The molecule has 27 heavy (non-hydrogen) atoms. The average Bonchev–Trinajstić information content (AvgIpc) is 2.87. The smallest absolute Gasteiger partial charge is 0.243 e. The van der Waals surface area contributed by atoms with Crippen LogP contribution in [0.1, 0.15) is 19.8 Å². The highest BCUT2D eigenvalue weighted by Gasteiger charge is 2.53. The van der Waals surface area contributed by atoms with Crippen LogP contribution >= 0.6 is 0 Å². The van der Waals surface area contributed by atoms with Gasteiger partial charge in [0.2, 0.25) is 21.8 Å². The van der Waals surface area contributed by atoms with Crippen LogP contribution in [0, 0.1) is 11.8 Å². The second-order valence-corrected chi connectivity index (χ2v) is 9.02. The van der Waals surface area contributed by atoms with Crippen molar-refractivity contribution in [1.29, 1.82) is 0 Å². The average molecular weight is 390 g/mol. The molecule has 1 aromatic rings. The fourth-order valence-electron chi connectivity index (χ4n) is 3.99. The molecule has 1 aromatic carbocycles. The van der Waals surface area contributed by atoms with Gasteiger partial charge in [0.15, 0.2) is 0 Å². The summed E-state index contributed by atoms with van der Waals surface area (Å²) in [5.41, 5.74) is 0. The summed E-state index contributed by atoms with van der Waals surface area (Å²) in [6.45, 7) is 2.67. The Hall–Kier alpha value is -2.19. The molecule has 2 unspecified atom stereocenters. The van der Waals surface area contributed by atoms with Crippen molar-refractivity contribution in [2.75, 3.05) is 19.7 Å². The molecule has 2 atom stereocenters. The quantitative estimate of drug-likeness (QED) is 0.561. The molecule has 2 fully saturated rings. The van der Waals surface area contributed by atoms with Crippen LogP contribution in [0.4, 0.5) is 0 Å². The lowest BCUT2D eigenvalue weighted by Gasteiger charge is -2.42. The molecule has 2 amide bonds. The molecule has 144 valence electrons. The van der Waals surface area contributed by atoms with Gasteiger partial charge < -0.3 is 4.74 Å². The number of fused-ring (bicyclic) bond motifs is 1. The number of ether oxygens (including phenoxy) is 1. The summed E-state index contributed by atoms with van der Waals surface area (Å²) in [6.07, 6.45) is 5.07. The Bertz CT molecular complexity index is 861. The molecular formula is C19H22N2O5S. The fourth-order valence-corrected chi connectivity index (χ4v) is 5.50. The van der Waals surface area contributed by atoms with E-state index in [2.05, 4.69) is 0 Å². The summed E-state index contributed by atoms with van der Waals surface area (Å²) in [6, 6.07) is 5.91. The van der Waals surface area contributed by atoms with Gasteiger partial charge in [0.1, 0.15) is 5.75 Å². The zero-order chi connectivity index (χ0) is 19.2. The van der Waals surface area contributed by atoms with Crippen molar-refractivity contribution in [2.24, 2.45) is 11.8 Å². The monoisotopic (exact) mass is 390 g/mol. The number of imide groups is 1. The van der Waals surface area contributed by atoms with E-state index in [1.54, 1.807) is 12.1 Å². The Kier molecular flexibility index (Phi) is 4.55. The molecule has 8 heteroatoms. The highest BCUT2D eigenvalue weighted by Crippen LogP contribution is 2.38. The lowest BCUT2D eigenvalue weighted by Crippen LogP contribution is -2.62. The number of allylic oxidation sites excluding steroid dienone is 2. The first-order valence-electron chi connectivity index (χ1n) is 9.18. The third kappa shape index (κ3) is 2.96. The molecule has 2 aliphatic heterocycles. The van der Waals surface area contributed by atoms with Gasteiger partial charge in [0.25, 0.3) is 0 Å². The molecule has 0 aromatic heterocycles. The van der Waals surface area contributed by atoms with Crippen molar-refractivity contribution in [3.8, 4) is 5.75 Å². The van der Waals surface area contributed by atoms with Gasteiger partial charge >= 0.3 is 0 Å². The summed E-state index contributed by atoms with van der Waals surface area (Å²) in [5, 5.41) is 0. The predicted octanol–water partition coefficient (Wildman–Crippen LogP) is 1.41. The summed E-state index contributed by atoms with van der Waals surface area (Å²) in [5.74, 6) is -0.254. The number of hydrogen-bond acceptors (Lipinski definition) is 5. The van der Waals surface area contributed by atoms with Crippen LogP contribution in [0.2, 0.25) is 0 Å². The Morgan fingerprint density at radius 2 is 1.56 bits per heavy atom. The molecule has 0 bridgehead atoms. The second-order valence-electron chi connectivity index (χ2n) is 7.08. The number of carbonyl (C=O) groups is 2. The van der Waals surface area contributed by atoms with Crippen LogP contribution in [0.3, 0.4) is 0 Å². The molecule has 0 saturated carbocycles. The van der Waals surface area contributed by atoms with Gasteiger partial charge in [-0.2, -0.15) is 4.31 Å². The number of nitrogens with zero attached hydrogens (tertiary/aromatic N) is 2. The van der Waals surface area contributed by atoms with Gasteiger partial charge in [0, 0.05) is 13.1 Å². The largest absolute Gasteiger partial charge is 0.494 e. The molecule has 7 nitrogen and oxygen atoms in total. The van der Waals surface area contributed by atoms with E-state index in [1.165, 1.54) is 21.3 Å². The minimum Gasteiger partial charge on any atom is -0.494 e. The van der Waals surface area contributed by atoms with E-state index in [4.69, 9.17) is 4.74 Å². The van der Waals surface area contributed by atoms with E-state index in [-0.39, 0.29) is 47.7 Å². The third-order valence-electron chi connectivity index (χ3n) is 5.51. The van der Waals surface area contributed by atoms with E-state index in [0.717, 1.165) is 0 Å². The molecule has 2 saturated heterocycles. The summed E-state index contributed by atoms with van der Waals surface area (Å²) >= 11 is 0. The number of benzene rings is 1. The van der Waals surface area contributed by atoms with Crippen LogP contribution < -0.4 is 4.74 Å². The maximum absolute atomic E-state index is 12.7. The molecule has 3 aliphatic rings. The van der Waals surface area contributed by atoms with E-state index in [9.17, 15) is 18.0 Å². The number of hydrogen-bond donors (Lipinski definition) is 0. The van der Waals surface area contributed by atoms with Crippen LogP contribution in [0.15, 0.2) is 41.3 Å². The third-order valence-corrected chi connectivity index (χ3v) is 7.35. The van der Waals surface area contributed by atoms with Crippen LogP contribution in [0.25, 0.3) is 0 Å². The zero-order valence-corrected chi connectivity index (χ0v) is 15.9. The van der Waals surface area contributed by atoms with Crippen molar-refractivity contribution in [1.82, 2.24) is 9.21 Å². The topological polar surface area (TPSA) is 84.0 Å². The van der Waals surface area contributed by atoms with Gasteiger partial charge in [-0.1, -0.05) is 12.2 Å². The molecule has 0 spiro atoms. The number of rotatable bonds is 5. The van der Waals surface area contributed by atoms with E-state index in [0.29, 0.717) is 25.2 Å². The Morgan fingerprint density at radius 1 is 1.00 bits per heavy atom. The lowest BCUT2D eigenvalue weighted by molar-refractivity contribution is -0.145. The first-order chi connectivity index (χ1) is 12.9. The predicted molar refractivity (Wildman–Crippen MR) is 97.4 cm³/mol. The van der Waals surface area contributed by atoms with Crippen LogP contribution in [0.5, 0.6) is 5.75 Å². The summed E-state index contributed by atoms with van der Waals surface area (Å²) in [7, 11) is -3.64. The van der Waals surface area contributed by atoms with E-state index >= 15 is 0 Å². The van der Waals surface area contributed by atoms with E-state index in [1.807, 2.05) is 19.1 Å². The van der Waals surface area contributed by atoms with Gasteiger partial charge in [-0.3, -0.25) is 14.5 Å². The molecule has 0 N–H and O–H groups in total. The van der Waals surface area contributed by atoms with E-state index < -0.39 is 10.0 Å². The molecule has 0 radical (unpaired) electrons. The molecule has 2 heterocycles. The normalized spacial score (nSPS) is 26.2.